The highest BCUT2D eigenvalue weighted by Gasteiger charge is 2.39. The number of thioether (sulfide) groups is 1. The largest absolute Gasteiger partial charge is 0.493 e. The Hall–Kier alpha value is -2.64. The molecule has 180 valence electrons. The molecule has 0 spiro atoms. The van der Waals surface area contributed by atoms with Gasteiger partial charge in [-0.3, -0.25) is 9.59 Å². The Morgan fingerprint density at radius 2 is 1.97 bits per heavy atom. The number of carbonyl (C=O) groups is 2. The van der Waals surface area contributed by atoms with Crippen molar-refractivity contribution in [2.24, 2.45) is 5.92 Å². The fourth-order valence-electron chi connectivity index (χ4n) is 4.47. The molecule has 6 nitrogen and oxygen atoms in total. The minimum atomic E-state index is -0.0966. The van der Waals surface area contributed by atoms with Crippen LogP contribution < -0.4 is 20.1 Å². The van der Waals surface area contributed by atoms with Crippen LogP contribution in [0.4, 0.5) is 0 Å². The van der Waals surface area contributed by atoms with Crippen molar-refractivity contribution < 1.29 is 19.1 Å². The molecule has 0 aromatic heterocycles. The molecule has 0 bridgehead atoms. The van der Waals surface area contributed by atoms with Gasteiger partial charge in [-0.05, 0) is 61.1 Å². The first kappa shape index (κ1) is 24.5. The number of rotatable bonds is 7. The first-order valence-electron chi connectivity index (χ1n) is 11.4. The van der Waals surface area contributed by atoms with Gasteiger partial charge in [-0.2, -0.15) is 0 Å². The van der Waals surface area contributed by atoms with Gasteiger partial charge < -0.3 is 20.1 Å². The topological polar surface area (TPSA) is 76.7 Å². The van der Waals surface area contributed by atoms with Gasteiger partial charge in [0.1, 0.15) is 0 Å². The van der Waals surface area contributed by atoms with Crippen LogP contribution in [0.5, 0.6) is 11.5 Å². The van der Waals surface area contributed by atoms with E-state index in [1.165, 1.54) is 0 Å². The van der Waals surface area contributed by atoms with Crippen molar-refractivity contribution in [3.8, 4) is 11.5 Å². The molecule has 1 aliphatic heterocycles. The minimum absolute atomic E-state index is 0.00348. The molecule has 1 saturated carbocycles. The highest BCUT2D eigenvalue weighted by molar-refractivity contribution is 8.04. The lowest BCUT2D eigenvalue weighted by Crippen LogP contribution is -2.51. The Balaban J connectivity index is 1.29. The van der Waals surface area contributed by atoms with E-state index in [1.54, 1.807) is 26.0 Å². The van der Waals surface area contributed by atoms with Gasteiger partial charge >= 0.3 is 0 Å². The first-order chi connectivity index (χ1) is 16.5. The summed E-state index contributed by atoms with van der Waals surface area (Å²) < 4.78 is 10.6. The Morgan fingerprint density at radius 3 is 2.74 bits per heavy atom. The molecular weight excluding hydrogens is 472 g/mol. The normalized spacial score (nSPS) is 23.1. The average Bonchev–Trinajstić information content (AvgIpc) is 2.85. The summed E-state index contributed by atoms with van der Waals surface area (Å²) in [6, 6.07) is 13.3. The molecule has 2 aromatic rings. The number of hydrogen-bond donors (Lipinski definition) is 2. The highest BCUT2D eigenvalue weighted by atomic mass is 35.5. The van der Waals surface area contributed by atoms with Gasteiger partial charge in [-0.1, -0.05) is 35.9 Å². The van der Waals surface area contributed by atoms with Gasteiger partial charge in [0, 0.05) is 28.8 Å². The smallest absolute Gasteiger partial charge is 0.257 e. The van der Waals surface area contributed by atoms with E-state index >= 15 is 0 Å². The van der Waals surface area contributed by atoms with E-state index in [0.29, 0.717) is 40.8 Å². The zero-order valence-electron chi connectivity index (χ0n) is 19.3. The summed E-state index contributed by atoms with van der Waals surface area (Å²) in [5, 5.41) is 7.08. The fraction of sp³-hybridized carbons (Fsp3) is 0.385. The number of amides is 2. The van der Waals surface area contributed by atoms with Gasteiger partial charge in [0.15, 0.2) is 11.5 Å². The van der Waals surface area contributed by atoms with E-state index in [2.05, 4.69) is 10.6 Å². The van der Waals surface area contributed by atoms with Crippen LogP contribution in [0, 0.1) is 5.92 Å². The Labute approximate surface area is 209 Å². The molecule has 2 aliphatic rings. The fourth-order valence-corrected chi connectivity index (χ4v) is 5.95. The van der Waals surface area contributed by atoms with Crippen molar-refractivity contribution in [1.29, 1.82) is 0 Å². The molecule has 2 N–H and O–H groups in total. The lowest BCUT2D eigenvalue weighted by molar-refractivity contribution is -0.127. The van der Waals surface area contributed by atoms with Crippen LogP contribution in [-0.4, -0.2) is 43.9 Å². The van der Waals surface area contributed by atoms with Crippen molar-refractivity contribution >= 4 is 41.3 Å². The third-order valence-electron chi connectivity index (χ3n) is 6.33. The number of methoxy groups -OCH3 is 2. The van der Waals surface area contributed by atoms with Crippen molar-refractivity contribution in [3.63, 3.8) is 0 Å². The van der Waals surface area contributed by atoms with Gasteiger partial charge in [-0.25, -0.2) is 0 Å². The van der Waals surface area contributed by atoms with Gasteiger partial charge in [-0.15, -0.1) is 11.8 Å². The van der Waals surface area contributed by atoms with Crippen molar-refractivity contribution in [1.82, 2.24) is 10.6 Å². The van der Waals surface area contributed by atoms with Gasteiger partial charge in [0.2, 0.25) is 5.91 Å². The summed E-state index contributed by atoms with van der Waals surface area (Å²) in [6.07, 6.45) is 4.90. The second-order valence-corrected chi connectivity index (χ2v) is 10.2. The molecule has 1 saturated heterocycles. The van der Waals surface area contributed by atoms with Crippen LogP contribution in [0.2, 0.25) is 5.02 Å². The van der Waals surface area contributed by atoms with Gasteiger partial charge in [0.05, 0.1) is 19.1 Å². The zero-order valence-corrected chi connectivity index (χ0v) is 20.9. The third-order valence-corrected chi connectivity index (χ3v) is 8.10. The van der Waals surface area contributed by atoms with Crippen LogP contribution in [0.25, 0.3) is 6.08 Å². The molecule has 1 heterocycles. The Bertz CT molecular complexity index is 1090. The summed E-state index contributed by atoms with van der Waals surface area (Å²) in [6.45, 7) is 0.546. The van der Waals surface area contributed by atoms with E-state index < -0.39 is 0 Å². The van der Waals surface area contributed by atoms with E-state index in [4.69, 9.17) is 21.1 Å². The Kier molecular flexibility index (Phi) is 8.06. The standard InChI is InChI=1S/C26H29ClN2O4S/c1-32-21-9-7-16(13-22(21)33-2)11-12-28-25(30)18-8-10-23-20(14-18)29-26(31)24(34-23)15-17-5-3-4-6-19(17)27/h3-7,9,13,15,18,20,23H,8,10-12,14H2,1-2H3,(H,28,30)(H,29,31)/b24-15+. The summed E-state index contributed by atoms with van der Waals surface area (Å²) in [5.41, 5.74) is 1.90. The SMILES string of the molecule is COc1ccc(CCNC(=O)C2CCC3S/C(=C/c4ccccc4Cl)C(=O)NC3C2)cc1OC. The zero-order chi connectivity index (χ0) is 24.1. The van der Waals surface area contributed by atoms with Crippen molar-refractivity contribution in [3.05, 3.63) is 63.5 Å². The highest BCUT2D eigenvalue weighted by Crippen LogP contribution is 2.40. The first-order valence-corrected chi connectivity index (χ1v) is 12.7. The lowest BCUT2D eigenvalue weighted by Gasteiger charge is -2.39. The van der Waals surface area contributed by atoms with Crippen LogP contribution in [0.1, 0.15) is 30.4 Å². The third kappa shape index (κ3) is 5.70. The number of benzene rings is 2. The molecule has 3 atom stereocenters. The average molecular weight is 501 g/mol. The number of ether oxygens (including phenoxy) is 2. The number of nitrogens with one attached hydrogen (secondary N) is 2. The number of carbonyl (C=O) groups excluding carboxylic acids is 2. The molecular formula is C26H29ClN2O4S. The molecule has 1 aliphatic carbocycles. The molecule has 2 aromatic carbocycles. The summed E-state index contributed by atoms with van der Waals surface area (Å²) in [4.78, 5) is 26.2. The van der Waals surface area contributed by atoms with Gasteiger partial charge in [0.25, 0.3) is 5.91 Å². The second-order valence-electron chi connectivity index (χ2n) is 8.51. The lowest BCUT2D eigenvalue weighted by atomic mass is 9.84. The van der Waals surface area contributed by atoms with Crippen molar-refractivity contribution in [2.45, 2.75) is 37.0 Å². The molecule has 2 fully saturated rings. The maximum absolute atomic E-state index is 12.8. The predicted molar refractivity (Wildman–Crippen MR) is 136 cm³/mol. The molecule has 34 heavy (non-hydrogen) atoms. The van der Waals surface area contributed by atoms with E-state index in [9.17, 15) is 9.59 Å². The van der Waals surface area contributed by atoms with Crippen LogP contribution in [0.15, 0.2) is 47.4 Å². The molecule has 2 amide bonds. The summed E-state index contributed by atoms with van der Waals surface area (Å²) in [5.74, 6) is 1.22. The molecule has 3 unspecified atom stereocenters. The van der Waals surface area contributed by atoms with E-state index in [1.807, 2.05) is 48.5 Å². The molecule has 0 radical (unpaired) electrons. The summed E-state index contributed by atoms with van der Waals surface area (Å²) in [7, 11) is 3.22. The number of fused-ring (bicyclic) bond motifs is 1. The van der Waals surface area contributed by atoms with Crippen LogP contribution in [-0.2, 0) is 16.0 Å². The monoisotopic (exact) mass is 500 g/mol. The Morgan fingerprint density at radius 1 is 1.18 bits per heavy atom. The predicted octanol–water partition coefficient (Wildman–Crippen LogP) is 4.46. The number of halogens is 1. The second kappa shape index (κ2) is 11.2. The van der Waals surface area contributed by atoms with Crippen LogP contribution in [0.3, 0.4) is 0 Å². The maximum Gasteiger partial charge on any atom is 0.257 e. The van der Waals surface area contributed by atoms with E-state index in [-0.39, 0.29) is 29.0 Å². The van der Waals surface area contributed by atoms with Crippen molar-refractivity contribution in [2.75, 3.05) is 20.8 Å². The van der Waals surface area contributed by atoms with E-state index in [0.717, 1.165) is 24.0 Å². The quantitative estimate of drug-likeness (QED) is 0.549. The number of hydrogen-bond acceptors (Lipinski definition) is 5. The maximum atomic E-state index is 12.8. The molecule has 4 rings (SSSR count). The van der Waals surface area contributed by atoms with Crippen LogP contribution >= 0.6 is 23.4 Å². The summed E-state index contributed by atoms with van der Waals surface area (Å²) >= 11 is 7.85. The molecule has 8 heteroatoms. The minimum Gasteiger partial charge on any atom is -0.493 e.